The van der Waals surface area contributed by atoms with Crippen molar-refractivity contribution in [3.8, 4) is 11.3 Å². The summed E-state index contributed by atoms with van der Waals surface area (Å²) in [6, 6.07) is 9.67. The second-order valence-electron chi connectivity index (χ2n) is 4.85. The molecule has 120 valence electrons. The van der Waals surface area contributed by atoms with Gasteiger partial charge in [-0.15, -0.1) is 0 Å². The van der Waals surface area contributed by atoms with Crippen LogP contribution in [0.1, 0.15) is 19.6 Å². The lowest BCUT2D eigenvalue weighted by Gasteiger charge is -2.15. The van der Waals surface area contributed by atoms with Crippen LogP contribution in [0.5, 0.6) is 0 Å². The third kappa shape index (κ3) is 4.06. The average Bonchev–Trinajstić information content (AvgIpc) is 3.03. The number of nitro benzene ring substituents is 1. The molecule has 1 amide bonds. The highest BCUT2D eigenvalue weighted by Crippen LogP contribution is 2.26. The fourth-order valence-electron chi connectivity index (χ4n) is 2.16. The fourth-order valence-corrected chi connectivity index (χ4v) is 2.16. The van der Waals surface area contributed by atoms with E-state index in [1.54, 1.807) is 35.2 Å². The average molecular weight is 314 g/mol. The Morgan fingerprint density at radius 2 is 2.00 bits per heavy atom. The number of furan rings is 1. The van der Waals surface area contributed by atoms with E-state index in [1.165, 1.54) is 18.2 Å². The number of nitrogens with zero attached hydrogens (tertiary/aromatic N) is 2. The zero-order valence-corrected chi connectivity index (χ0v) is 13.1. The molecule has 23 heavy (non-hydrogen) atoms. The molecule has 0 spiro atoms. The number of hydrogen-bond donors (Lipinski definition) is 0. The Labute approximate surface area is 134 Å². The Morgan fingerprint density at radius 3 is 2.65 bits per heavy atom. The summed E-state index contributed by atoms with van der Waals surface area (Å²) in [5.74, 6) is 0.957. The lowest BCUT2D eigenvalue weighted by molar-refractivity contribution is -0.384. The van der Waals surface area contributed by atoms with Gasteiger partial charge in [0.15, 0.2) is 0 Å². The topological polar surface area (TPSA) is 76.6 Å². The first kappa shape index (κ1) is 16.5. The molecule has 0 fully saturated rings. The minimum atomic E-state index is -0.448. The van der Waals surface area contributed by atoms with Crippen LogP contribution in [0.15, 0.2) is 46.9 Å². The number of non-ortho nitro benzene ring substituents is 1. The quantitative estimate of drug-likeness (QED) is 0.462. The maximum absolute atomic E-state index is 11.9. The zero-order chi connectivity index (χ0) is 16.8. The number of benzene rings is 1. The molecule has 6 nitrogen and oxygen atoms in total. The third-order valence-electron chi connectivity index (χ3n) is 3.43. The summed E-state index contributed by atoms with van der Waals surface area (Å²) in [5.41, 5.74) is 0.627. The molecule has 0 aliphatic rings. The van der Waals surface area contributed by atoms with Crippen LogP contribution in [-0.4, -0.2) is 28.8 Å². The van der Waals surface area contributed by atoms with Gasteiger partial charge in [-0.3, -0.25) is 14.9 Å². The summed E-state index contributed by atoms with van der Waals surface area (Å²) < 4.78 is 5.62. The molecule has 0 atom stereocenters. The van der Waals surface area contributed by atoms with Crippen molar-refractivity contribution in [3.63, 3.8) is 0 Å². The predicted molar refractivity (Wildman–Crippen MR) is 87.8 cm³/mol. The molecule has 0 N–H and O–H groups in total. The zero-order valence-electron chi connectivity index (χ0n) is 13.1. The Hall–Kier alpha value is -2.89. The van der Waals surface area contributed by atoms with Crippen molar-refractivity contribution in [2.75, 3.05) is 13.1 Å². The molecule has 6 heteroatoms. The maximum atomic E-state index is 11.9. The number of nitro groups is 1. The van der Waals surface area contributed by atoms with E-state index < -0.39 is 4.92 Å². The van der Waals surface area contributed by atoms with Gasteiger partial charge in [-0.1, -0.05) is 12.1 Å². The van der Waals surface area contributed by atoms with Gasteiger partial charge in [0, 0.05) is 36.9 Å². The highest BCUT2D eigenvalue weighted by atomic mass is 16.6. The molecule has 0 radical (unpaired) electrons. The molecule has 0 aliphatic heterocycles. The third-order valence-corrected chi connectivity index (χ3v) is 3.43. The molecule has 1 heterocycles. The summed E-state index contributed by atoms with van der Waals surface area (Å²) in [4.78, 5) is 24.0. The lowest BCUT2D eigenvalue weighted by Crippen LogP contribution is -2.28. The van der Waals surface area contributed by atoms with Crippen molar-refractivity contribution in [2.24, 2.45) is 0 Å². The number of hydrogen-bond acceptors (Lipinski definition) is 4. The van der Waals surface area contributed by atoms with Crippen molar-refractivity contribution in [1.82, 2.24) is 4.90 Å². The first-order valence-electron chi connectivity index (χ1n) is 7.36. The molecule has 2 aromatic rings. The van der Waals surface area contributed by atoms with Crippen LogP contribution in [0.3, 0.4) is 0 Å². The van der Waals surface area contributed by atoms with Crippen molar-refractivity contribution in [3.05, 3.63) is 58.3 Å². The van der Waals surface area contributed by atoms with Gasteiger partial charge in [0.25, 0.3) is 5.69 Å². The van der Waals surface area contributed by atoms with Gasteiger partial charge in [-0.25, -0.2) is 0 Å². The van der Waals surface area contributed by atoms with Gasteiger partial charge in [-0.05, 0) is 32.1 Å². The van der Waals surface area contributed by atoms with Crippen molar-refractivity contribution in [2.45, 2.75) is 13.8 Å². The van der Waals surface area contributed by atoms with Crippen molar-refractivity contribution in [1.29, 1.82) is 0 Å². The predicted octanol–water partition coefficient (Wildman–Crippen LogP) is 3.74. The summed E-state index contributed by atoms with van der Waals surface area (Å²) >= 11 is 0. The second kappa shape index (κ2) is 7.40. The molecule has 0 unspecified atom stereocenters. The summed E-state index contributed by atoms with van der Waals surface area (Å²) in [7, 11) is 0. The standard InChI is InChI=1S/C17H18N2O4/c1-3-18(4-2)17(20)11-9-15-8-10-16(23-15)13-6-5-7-14(12-13)19(21)22/h5-12H,3-4H2,1-2H3/b11-9+. The van der Waals surface area contributed by atoms with Gasteiger partial charge >= 0.3 is 0 Å². The van der Waals surface area contributed by atoms with Crippen LogP contribution in [-0.2, 0) is 4.79 Å². The molecular formula is C17H18N2O4. The Balaban J connectivity index is 2.16. The molecular weight excluding hydrogens is 296 g/mol. The van der Waals surface area contributed by atoms with E-state index in [-0.39, 0.29) is 11.6 Å². The summed E-state index contributed by atoms with van der Waals surface area (Å²) in [5, 5.41) is 10.8. The smallest absolute Gasteiger partial charge is 0.270 e. The molecule has 1 aromatic carbocycles. The molecule has 0 bridgehead atoms. The van der Waals surface area contributed by atoms with Crippen LogP contribution >= 0.6 is 0 Å². The first-order valence-corrected chi connectivity index (χ1v) is 7.36. The molecule has 2 rings (SSSR count). The number of likely N-dealkylation sites (N-methyl/N-ethyl adjacent to an activating group) is 1. The van der Waals surface area contributed by atoms with E-state index in [0.29, 0.717) is 30.2 Å². The number of rotatable bonds is 6. The minimum Gasteiger partial charge on any atom is -0.457 e. The van der Waals surface area contributed by atoms with E-state index in [1.807, 2.05) is 13.8 Å². The monoisotopic (exact) mass is 314 g/mol. The van der Waals surface area contributed by atoms with Gasteiger partial charge in [0.05, 0.1) is 4.92 Å². The van der Waals surface area contributed by atoms with Gasteiger partial charge in [-0.2, -0.15) is 0 Å². The first-order chi connectivity index (χ1) is 11.0. The van der Waals surface area contributed by atoms with Crippen LogP contribution in [0, 0.1) is 10.1 Å². The molecule has 0 aliphatic carbocycles. The van der Waals surface area contributed by atoms with Crippen LogP contribution in [0.25, 0.3) is 17.4 Å². The normalized spacial score (nSPS) is 10.9. The van der Waals surface area contributed by atoms with E-state index in [4.69, 9.17) is 4.42 Å². The Kier molecular flexibility index (Phi) is 5.30. The minimum absolute atomic E-state index is 0.00713. The SMILES string of the molecule is CCN(CC)C(=O)/C=C/c1ccc(-c2cccc([N+](=O)[O-])c2)o1. The Bertz CT molecular complexity index is 730. The van der Waals surface area contributed by atoms with Crippen molar-refractivity contribution < 1.29 is 14.1 Å². The van der Waals surface area contributed by atoms with Gasteiger partial charge < -0.3 is 9.32 Å². The van der Waals surface area contributed by atoms with E-state index in [9.17, 15) is 14.9 Å². The van der Waals surface area contributed by atoms with Gasteiger partial charge in [0.2, 0.25) is 5.91 Å². The van der Waals surface area contributed by atoms with E-state index >= 15 is 0 Å². The highest BCUT2D eigenvalue weighted by Gasteiger charge is 2.10. The highest BCUT2D eigenvalue weighted by molar-refractivity contribution is 5.91. The number of carbonyl (C=O) groups excluding carboxylic acids is 1. The summed E-state index contributed by atoms with van der Waals surface area (Å²) in [6.07, 6.45) is 3.06. The second-order valence-corrected chi connectivity index (χ2v) is 4.85. The van der Waals surface area contributed by atoms with Crippen molar-refractivity contribution >= 4 is 17.7 Å². The van der Waals surface area contributed by atoms with Gasteiger partial charge in [0.1, 0.15) is 11.5 Å². The molecule has 0 saturated carbocycles. The van der Waals surface area contributed by atoms with Crippen LogP contribution < -0.4 is 0 Å². The number of carbonyl (C=O) groups is 1. The van der Waals surface area contributed by atoms with Crippen LogP contribution in [0.2, 0.25) is 0 Å². The van der Waals surface area contributed by atoms with E-state index in [2.05, 4.69) is 0 Å². The van der Waals surface area contributed by atoms with Crippen LogP contribution in [0.4, 0.5) is 5.69 Å². The fraction of sp³-hybridized carbons (Fsp3) is 0.235. The Morgan fingerprint density at radius 1 is 1.26 bits per heavy atom. The largest absolute Gasteiger partial charge is 0.457 e. The van der Waals surface area contributed by atoms with E-state index in [0.717, 1.165) is 0 Å². The number of amides is 1. The summed E-state index contributed by atoms with van der Waals surface area (Å²) in [6.45, 7) is 5.14. The maximum Gasteiger partial charge on any atom is 0.270 e. The molecule has 1 aromatic heterocycles. The lowest BCUT2D eigenvalue weighted by atomic mass is 10.1. The molecule has 0 saturated heterocycles.